The van der Waals surface area contributed by atoms with E-state index in [9.17, 15) is 4.79 Å². The van der Waals surface area contributed by atoms with Gasteiger partial charge in [0.2, 0.25) is 5.88 Å². The van der Waals surface area contributed by atoms with E-state index in [1.54, 1.807) is 14.0 Å². The van der Waals surface area contributed by atoms with Crippen LogP contribution >= 0.6 is 0 Å². The smallest absolute Gasteiger partial charge is 0.329 e. The van der Waals surface area contributed by atoms with Gasteiger partial charge in [0.25, 0.3) is 0 Å². The van der Waals surface area contributed by atoms with Gasteiger partial charge in [-0.1, -0.05) is 20.8 Å². The van der Waals surface area contributed by atoms with Gasteiger partial charge in [-0.15, -0.1) is 0 Å². The molecule has 26 heavy (non-hydrogen) atoms. The van der Waals surface area contributed by atoms with Gasteiger partial charge in [0, 0.05) is 7.11 Å². The number of rotatable bonds is 10. The highest BCUT2D eigenvalue weighted by Gasteiger charge is 2.26. The van der Waals surface area contributed by atoms with Gasteiger partial charge in [-0.3, -0.25) is 0 Å². The van der Waals surface area contributed by atoms with Gasteiger partial charge in [0.05, 0.1) is 18.3 Å². The number of ether oxygens (including phenoxy) is 3. The standard InChI is InChI=1S/C19H33N3O4/c1-9-15(10-24-8)26-18-13(6)17(20-14(7)21-18)22-16(11(2)3)19(23)25-12(4)5/h11-12,15-16H,9-10H2,1-8H3,(H,20,21,22). The van der Waals surface area contributed by atoms with Crippen LogP contribution in [0.5, 0.6) is 5.88 Å². The van der Waals surface area contributed by atoms with Gasteiger partial charge in [0.15, 0.2) is 0 Å². The molecule has 0 saturated carbocycles. The lowest BCUT2D eigenvalue weighted by molar-refractivity contribution is -0.149. The van der Waals surface area contributed by atoms with E-state index < -0.39 is 6.04 Å². The van der Waals surface area contributed by atoms with Crippen LogP contribution in [0, 0.1) is 19.8 Å². The molecule has 148 valence electrons. The molecule has 0 amide bonds. The van der Waals surface area contributed by atoms with Crippen molar-refractivity contribution in [2.45, 2.75) is 73.1 Å². The highest BCUT2D eigenvalue weighted by Crippen LogP contribution is 2.25. The van der Waals surface area contributed by atoms with E-state index in [0.717, 1.165) is 12.0 Å². The topological polar surface area (TPSA) is 82.6 Å². The molecule has 0 radical (unpaired) electrons. The van der Waals surface area contributed by atoms with E-state index >= 15 is 0 Å². The second kappa shape index (κ2) is 10.3. The molecule has 7 heteroatoms. The Morgan fingerprint density at radius 1 is 1.15 bits per heavy atom. The van der Waals surface area contributed by atoms with Crippen LogP contribution in [-0.2, 0) is 14.3 Å². The molecule has 0 aliphatic carbocycles. The van der Waals surface area contributed by atoms with Crippen LogP contribution in [0.2, 0.25) is 0 Å². The van der Waals surface area contributed by atoms with Crippen LogP contribution in [0.4, 0.5) is 5.82 Å². The number of anilines is 1. The summed E-state index contributed by atoms with van der Waals surface area (Å²) in [5.41, 5.74) is 0.758. The molecule has 1 aromatic heterocycles. The first-order valence-electron chi connectivity index (χ1n) is 9.17. The van der Waals surface area contributed by atoms with Crippen LogP contribution < -0.4 is 10.1 Å². The summed E-state index contributed by atoms with van der Waals surface area (Å²) in [6, 6.07) is -0.501. The lowest BCUT2D eigenvalue weighted by atomic mass is 10.0. The monoisotopic (exact) mass is 367 g/mol. The maximum atomic E-state index is 12.4. The van der Waals surface area contributed by atoms with E-state index in [0.29, 0.717) is 24.1 Å². The summed E-state index contributed by atoms with van der Waals surface area (Å²) < 4.78 is 16.5. The third-order valence-corrected chi connectivity index (χ3v) is 3.86. The van der Waals surface area contributed by atoms with Crippen LogP contribution in [-0.4, -0.2) is 47.9 Å². The number of carbonyl (C=O) groups excluding carboxylic acids is 1. The van der Waals surface area contributed by atoms with Gasteiger partial charge < -0.3 is 19.5 Å². The number of methoxy groups -OCH3 is 1. The van der Waals surface area contributed by atoms with Gasteiger partial charge in [-0.25, -0.2) is 9.78 Å². The Balaban J connectivity index is 3.09. The first-order chi connectivity index (χ1) is 12.2. The van der Waals surface area contributed by atoms with Crippen molar-refractivity contribution in [3.05, 3.63) is 11.4 Å². The summed E-state index contributed by atoms with van der Waals surface area (Å²) in [6.07, 6.45) is 0.540. The lowest BCUT2D eigenvalue weighted by Crippen LogP contribution is -2.38. The largest absolute Gasteiger partial charge is 0.472 e. The quantitative estimate of drug-likeness (QED) is 0.635. The molecule has 1 rings (SSSR count). The van der Waals surface area contributed by atoms with Gasteiger partial charge >= 0.3 is 5.97 Å². The van der Waals surface area contributed by atoms with E-state index in [1.165, 1.54) is 0 Å². The van der Waals surface area contributed by atoms with E-state index in [-0.39, 0.29) is 24.1 Å². The molecule has 0 aliphatic heterocycles. The third kappa shape index (κ3) is 6.44. The predicted molar refractivity (Wildman–Crippen MR) is 102 cm³/mol. The van der Waals surface area contributed by atoms with Crippen molar-refractivity contribution in [3.8, 4) is 5.88 Å². The fourth-order valence-corrected chi connectivity index (χ4v) is 2.39. The zero-order valence-corrected chi connectivity index (χ0v) is 17.3. The van der Waals surface area contributed by atoms with Crippen LogP contribution in [0.1, 0.15) is 52.4 Å². The number of nitrogens with zero attached hydrogens (tertiary/aromatic N) is 2. The Morgan fingerprint density at radius 2 is 1.81 bits per heavy atom. The molecule has 0 fully saturated rings. The molecule has 1 N–H and O–H groups in total. The van der Waals surface area contributed by atoms with Crippen molar-refractivity contribution in [1.82, 2.24) is 9.97 Å². The molecule has 2 unspecified atom stereocenters. The van der Waals surface area contributed by atoms with Crippen molar-refractivity contribution in [1.29, 1.82) is 0 Å². The minimum Gasteiger partial charge on any atom is -0.472 e. The Kier molecular flexibility index (Phi) is 8.78. The minimum absolute atomic E-state index is 0.0390. The fourth-order valence-electron chi connectivity index (χ4n) is 2.39. The van der Waals surface area contributed by atoms with E-state index in [1.807, 2.05) is 41.5 Å². The number of carbonyl (C=O) groups is 1. The molecule has 1 aromatic rings. The number of hydrogen-bond donors (Lipinski definition) is 1. The summed E-state index contributed by atoms with van der Waals surface area (Å²) >= 11 is 0. The Labute approximate surface area is 156 Å². The van der Waals surface area contributed by atoms with E-state index in [4.69, 9.17) is 14.2 Å². The van der Waals surface area contributed by atoms with Crippen molar-refractivity contribution in [2.24, 2.45) is 5.92 Å². The molecule has 0 aliphatic rings. The second-order valence-corrected chi connectivity index (χ2v) is 7.00. The Morgan fingerprint density at radius 3 is 2.31 bits per heavy atom. The molecule has 7 nitrogen and oxygen atoms in total. The van der Waals surface area contributed by atoms with Gasteiger partial charge in [-0.05, 0) is 40.0 Å². The number of nitrogens with one attached hydrogen (secondary N) is 1. The van der Waals surface area contributed by atoms with Crippen molar-refractivity contribution >= 4 is 11.8 Å². The maximum Gasteiger partial charge on any atom is 0.329 e. The Bertz CT molecular complexity index is 590. The zero-order valence-electron chi connectivity index (χ0n) is 17.3. The summed E-state index contributed by atoms with van der Waals surface area (Å²) in [4.78, 5) is 21.3. The highest BCUT2D eigenvalue weighted by molar-refractivity contribution is 5.79. The van der Waals surface area contributed by atoms with Crippen LogP contribution in [0.15, 0.2) is 0 Å². The van der Waals surface area contributed by atoms with E-state index in [2.05, 4.69) is 15.3 Å². The summed E-state index contributed by atoms with van der Waals surface area (Å²) in [6.45, 7) is 13.8. The fraction of sp³-hybridized carbons (Fsp3) is 0.737. The Hall–Kier alpha value is -1.89. The molecule has 0 aromatic carbocycles. The molecule has 0 spiro atoms. The molecule has 2 atom stereocenters. The second-order valence-electron chi connectivity index (χ2n) is 7.00. The van der Waals surface area contributed by atoms with Crippen molar-refractivity contribution in [3.63, 3.8) is 0 Å². The van der Waals surface area contributed by atoms with Crippen LogP contribution in [0.3, 0.4) is 0 Å². The molecular formula is C19H33N3O4. The molecule has 0 bridgehead atoms. The summed E-state index contributed by atoms with van der Waals surface area (Å²) in [7, 11) is 1.64. The number of aromatic nitrogens is 2. The molecule has 1 heterocycles. The van der Waals surface area contributed by atoms with Crippen molar-refractivity contribution < 1.29 is 19.0 Å². The number of hydrogen-bond acceptors (Lipinski definition) is 7. The minimum atomic E-state index is -0.501. The maximum absolute atomic E-state index is 12.4. The normalized spacial score (nSPS) is 13.6. The predicted octanol–water partition coefficient (Wildman–Crippen LogP) is 3.29. The first kappa shape index (κ1) is 22.2. The summed E-state index contributed by atoms with van der Waals surface area (Å²) in [5.74, 6) is 1.40. The average Bonchev–Trinajstić information content (AvgIpc) is 2.54. The lowest BCUT2D eigenvalue weighted by Gasteiger charge is -2.24. The van der Waals surface area contributed by atoms with Gasteiger partial charge in [0.1, 0.15) is 23.8 Å². The summed E-state index contributed by atoms with van der Waals surface area (Å²) in [5, 5.41) is 3.22. The highest BCUT2D eigenvalue weighted by atomic mass is 16.5. The molecular weight excluding hydrogens is 334 g/mol. The molecule has 0 saturated heterocycles. The third-order valence-electron chi connectivity index (χ3n) is 3.86. The number of aryl methyl sites for hydroxylation is 1. The van der Waals surface area contributed by atoms with Crippen LogP contribution in [0.25, 0.3) is 0 Å². The number of esters is 1. The first-order valence-corrected chi connectivity index (χ1v) is 9.17. The average molecular weight is 367 g/mol. The zero-order chi connectivity index (χ0) is 19.9. The van der Waals surface area contributed by atoms with Crippen molar-refractivity contribution in [2.75, 3.05) is 19.0 Å². The van der Waals surface area contributed by atoms with Gasteiger partial charge in [-0.2, -0.15) is 4.98 Å². The SMILES string of the molecule is CCC(COC)Oc1nc(C)nc(NC(C(=O)OC(C)C)C(C)C)c1C.